The lowest BCUT2D eigenvalue weighted by Crippen LogP contribution is -2.36. The van der Waals surface area contributed by atoms with Gasteiger partial charge in [0.25, 0.3) is 0 Å². The first-order chi connectivity index (χ1) is 15.2. The first-order valence-corrected chi connectivity index (χ1v) is 10.6. The third kappa shape index (κ3) is 3.69. The van der Waals surface area contributed by atoms with Crippen molar-refractivity contribution in [2.75, 3.05) is 0 Å². The number of aromatic hydroxyl groups is 2. The smallest absolute Gasteiger partial charge is 0.183 e. The largest absolute Gasteiger partial charge is 0.511 e. The summed E-state index contributed by atoms with van der Waals surface area (Å²) in [5.41, 5.74) is -3.10. The van der Waals surface area contributed by atoms with Crippen LogP contribution in [0.5, 0.6) is 17.2 Å². The maximum absolute atomic E-state index is 12.8. The highest BCUT2D eigenvalue weighted by molar-refractivity contribution is 6.24. The van der Waals surface area contributed by atoms with Crippen LogP contribution in [0.3, 0.4) is 0 Å². The van der Waals surface area contributed by atoms with Gasteiger partial charge >= 0.3 is 0 Å². The summed E-state index contributed by atoms with van der Waals surface area (Å²) < 4.78 is 5.83. The first kappa shape index (κ1) is 24.1. The van der Waals surface area contributed by atoms with E-state index in [1.54, 1.807) is 26.0 Å². The molecule has 1 aliphatic heterocycles. The van der Waals surface area contributed by atoms with Crippen LogP contribution in [0, 0.1) is 5.41 Å². The van der Waals surface area contributed by atoms with E-state index in [9.17, 15) is 34.8 Å². The van der Waals surface area contributed by atoms with Crippen LogP contribution < -0.4 is 4.74 Å². The number of benzene rings is 1. The predicted molar refractivity (Wildman–Crippen MR) is 121 cm³/mol. The topological polar surface area (TPSA) is 141 Å². The number of carbonyl (C=O) groups is 3. The van der Waals surface area contributed by atoms with Crippen molar-refractivity contribution in [3.05, 3.63) is 45.4 Å². The average molecular weight is 456 g/mol. The molecule has 0 aromatic heterocycles. The predicted octanol–water partition coefficient (Wildman–Crippen LogP) is 4.24. The van der Waals surface area contributed by atoms with E-state index in [-0.39, 0.29) is 34.4 Å². The molecule has 0 fully saturated rings. The van der Waals surface area contributed by atoms with Gasteiger partial charge in [-0.25, -0.2) is 0 Å². The number of allylic oxidation sites excluding steroid dienone is 3. The highest BCUT2D eigenvalue weighted by atomic mass is 16.5. The lowest BCUT2D eigenvalue weighted by atomic mass is 9.73. The second-order valence-electron chi connectivity index (χ2n) is 9.35. The second-order valence-corrected chi connectivity index (χ2v) is 9.35. The molecule has 1 aliphatic carbocycles. The van der Waals surface area contributed by atoms with Gasteiger partial charge in [-0.05, 0) is 46.8 Å². The Balaban J connectivity index is 2.29. The molecule has 3 rings (SSSR count). The lowest BCUT2D eigenvalue weighted by Gasteiger charge is -2.32. The Morgan fingerprint density at radius 1 is 1.03 bits per heavy atom. The third-order valence-electron chi connectivity index (χ3n) is 6.05. The summed E-state index contributed by atoms with van der Waals surface area (Å²) in [6.07, 6.45) is 2.75. The molecule has 0 bridgehead atoms. The molecule has 176 valence electrons. The summed E-state index contributed by atoms with van der Waals surface area (Å²) >= 11 is 0. The SMILES string of the molecule is CCC(=O)C1=C(O)C(Cc2c(O)c3c(c(C(C)=O)c2O)OC(C)(C)C=C3)=C(O)C(C)(C)C1=O. The van der Waals surface area contributed by atoms with Crippen LogP contribution in [0.4, 0.5) is 0 Å². The fourth-order valence-corrected chi connectivity index (χ4v) is 4.06. The number of hydrogen-bond donors (Lipinski definition) is 4. The van der Waals surface area contributed by atoms with Crippen LogP contribution in [-0.2, 0) is 16.0 Å². The minimum absolute atomic E-state index is 0.0210. The van der Waals surface area contributed by atoms with Crippen molar-refractivity contribution in [1.82, 2.24) is 0 Å². The Hall–Kier alpha value is -3.55. The molecule has 1 aromatic rings. The zero-order valence-corrected chi connectivity index (χ0v) is 19.5. The van der Waals surface area contributed by atoms with Gasteiger partial charge in [-0.15, -0.1) is 0 Å². The van der Waals surface area contributed by atoms with Crippen LogP contribution in [-0.4, -0.2) is 43.4 Å². The standard InChI is InChI=1S/C25H28O8/c1-7-15(27)17-20(30)14(22(31)25(5,6)23(17)32)10-13-18(28)12-8-9-24(3,4)33-21(12)16(11(2)26)19(13)29/h8-9,28-31H,7,10H2,1-6H3. The molecule has 0 spiro atoms. The Morgan fingerprint density at radius 2 is 1.64 bits per heavy atom. The maximum Gasteiger partial charge on any atom is 0.183 e. The number of phenolic OH excluding ortho intramolecular Hbond substituents is 2. The number of Topliss-reactive ketones (excluding diaryl/α,β-unsaturated/α-hetero) is 3. The van der Waals surface area contributed by atoms with Crippen molar-refractivity contribution in [3.63, 3.8) is 0 Å². The maximum atomic E-state index is 12.8. The number of carbonyl (C=O) groups excluding carboxylic acids is 3. The fraction of sp³-hybridized carbons (Fsp3) is 0.400. The van der Waals surface area contributed by atoms with Crippen molar-refractivity contribution < 1.29 is 39.5 Å². The number of ether oxygens (including phenoxy) is 1. The van der Waals surface area contributed by atoms with Gasteiger partial charge in [0.05, 0.1) is 11.0 Å². The molecule has 0 saturated carbocycles. The Kier molecular flexibility index (Phi) is 5.69. The fourth-order valence-electron chi connectivity index (χ4n) is 4.06. The summed E-state index contributed by atoms with van der Waals surface area (Å²) in [6.45, 7) is 9.08. The zero-order chi connectivity index (χ0) is 25.0. The number of hydrogen-bond acceptors (Lipinski definition) is 8. The molecule has 4 N–H and O–H groups in total. The average Bonchev–Trinajstić information content (AvgIpc) is 2.71. The van der Waals surface area contributed by atoms with E-state index in [4.69, 9.17) is 4.74 Å². The van der Waals surface area contributed by atoms with Gasteiger partial charge in [-0.1, -0.05) is 6.92 Å². The number of phenols is 2. The molecule has 0 radical (unpaired) electrons. The Morgan fingerprint density at radius 3 is 2.18 bits per heavy atom. The molecule has 33 heavy (non-hydrogen) atoms. The van der Waals surface area contributed by atoms with E-state index in [0.29, 0.717) is 0 Å². The quantitative estimate of drug-likeness (QED) is 0.381. The van der Waals surface area contributed by atoms with Gasteiger partial charge in [0.15, 0.2) is 17.3 Å². The van der Waals surface area contributed by atoms with Crippen molar-refractivity contribution in [3.8, 4) is 17.2 Å². The molecule has 0 amide bonds. The van der Waals surface area contributed by atoms with Gasteiger partial charge in [-0.3, -0.25) is 14.4 Å². The van der Waals surface area contributed by atoms with Crippen molar-refractivity contribution in [2.45, 2.75) is 60.0 Å². The number of rotatable bonds is 5. The summed E-state index contributed by atoms with van der Waals surface area (Å²) in [7, 11) is 0. The van der Waals surface area contributed by atoms with Crippen LogP contribution in [0.2, 0.25) is 0 Å². The minimum atomic E-state index is -1.52. The van der Waals surface area contributed by atoms with Crippen LogP contribution in [0.25, 0.3) is 6.08 Å². The van der Waals surface area contributed by atoms with E-state index < -0.39 is 63.4 Å². The normalized spacial score (nSPS) is 18.8. The van der Waals surface area contributed by atoms with Crippen LogP contribution in [0.1, 0.15) is 69.4 Å². The second kappa shape index (κ2) is 7.79. The third-order valence-corrected chi connectivity index (χ3v) is 6.05. The summed E-state index contributed by atoms with van der Waals surface area (Å²) in [5, 5.41) is 43.5. The molecule has 8 nitrogen and oxygen atoms in total. The van der Waals surface area contributed by atoms with E-state index in [0.717, 1.165) is 0 Å². The van der Waals surface area contributed by atoms with Crippen LogP contribution >= 0.6 is 0 Å². The molecule has 1 aromatic carbocycles. The first-order valence-electron chi connectivity index (χ1n) is 10.6. The summed E-state index contributed by atoms with van der Waals surface area (Å²) in [4.78, 5) is 37.6. The monoisotopic (exact) mass is 456 g/mol. The zero-order valence-electron chi connectivity index (χ0n) is 19.5. The van der Waals surface area contributed by atoms with Gasteiger partial charge in [0.1, 0.15) is 45.5 Å². The molecular formula is C25H28O8. The minimum Gasteiger partial charge on any atom is -0.511 e. The van der Waals surface area contributed by atoms with E-state index in [2.05, 4.69) is 0 Å². The molecule has 0 unspecified atom stereocenters. The Labute approximate surface area is 191 Å². The van der Waals surface area contributed by atoms with E-state index in [1.807, 2.05) is 0 Å². The molecule has 8 heteroatoms. The molecule has 2 aliphatic rings. The van der Waals surface area contributed by atoms with Gasteiger partial charge in [0.2, 0.25) is 0 Å². The summed E-state index contributed by atoms with van der Waals surface area (Å²) in [5.74, 6) is -4.01. The van der Waals surface area contributed by atoms with Crippen molar-refractivity contribution >= 4 is 23.4 Å². The van der Waals surface area contributed by atoms with Gasteiger partial charge < -0.3 is 25.2 Å². The number of aliphatic hydroxyl groups excluding tert-OH is 2. The van der Waals surface area contributed by atoms with Crippen molar-refractivity contribution in [1.29, 1.82) is 0 Å². The number of fused-ring (bicyclic) bond motifs is 1. The van der Waals surface area contributed by atoms with Gasteiger partial charge in [-0.2, -0.15) is 0 Å². The van der Waals surface area contributed by atoms with Crippen molar-refractivity contribution in [2.24, 2.45) is 5.41 Å². The highest BCUT2D eigenvalue weighted by Crippen LogP contribution is 2.49. The molecular weight excluding hydrogens is 428 g/mol. The summed E-state index contributed by atoms with van der Waals surface area (Å²) in [6, 6.07) is 0. The number of aliphatic hydroxyl groups is 2. The molecule has 0 atom stereocenters. The van der Waals surface area contributed by atoms with E-state index in [1.165, 1.54) is 27.7 Å². The lowest BCUT2D eigenvalue weighted by molar-refractivity contribution is -0.127. The molecule has 0 saturated heterocycles. The number of ketones is 3. The van der Waals surface area contributed by atoms with Crippen LogP contribution in [0.15, 0.2) is 28.7 Å². The Bertz CT molecular complexity index is 1190. The highest BCUT2D eigenvalue weighted by Gasteiger charge is 2.45. The van der Waals surface area contributed by atoms with Gasteiger partial charge in [0, 0.05) is 24.0 Å². The van der Waals surface area contributed by atoms with E-state index >= 15 is 0 Å². The molecule has 1 heterocycles.